The van der Waals surface area contributed by atoms with Gasteiger partial charge in [0.05, 0.1) is 6.04 Å². The maximum absolute atomic E-state index is 4.23. The lowest BCUT2D eigenvalue weighted by Crippen LogP contribution is -2.28. The highest BCUT2D eigenvalue weighted by molar-refractivity contribution is 5.25. The summed E-state index contributed by atoms with van der Waals surface area (Å²) in [4.78, 5) is 6.74. The minimum Gasteiger partial charge on any atom is -0.298 e. The fourth-order valence-electron chi connectivity index (χ4n) is 2.17. The molecular weight excluding hydrogens is 160 g/mol. The van der Waals surface area contributed by atoms with Crippen LogP contribution in [0.2, 0.25) is 0 Å². The molecule has 0 aliphatic carbocycles. The van der Waals surface area contributed by atoms with E-state index < -0.39 is 0 Å². The summed E-state index contributed by atoms with van der Waals surface area (Å²) in [5.74, 6) is 0.755. The summed E-state index contributed by atoms with van der Waals surface area (Å²) < 4.78 is 0. The maximum Gasteiger partial charge on any atom is 0.0659 e. The standard InChI is InChI=1S/C11H22N2/c1-5-6-10-7-13(9(2)3)8-11(10)12-4/h9-11H,4-8H2,1-3H3. The predicted molar refractivity (Wildman–Crippen MR) is 58.4 cm³/mol. The lowest BCUT2D eigenvalue weighted by Gasteiger charge is -2.19. The second-order valence-corrected chi connectivity index (χ2v) is 4.35. The lowest BCUT2D eigenvalue weighted by atomic mass is 9.99. The van der Waals surface area contributed by atoms with Crippen molar-refractivity contribution in [2.45, 2.75) is 45.7 Å². The topological polar surface area (TPSA) is 15.6 Å². The molecule has 0 radical (unpaired) electrons. The Morgan fingerprint density at radius 2 is 2.15 bits per heavy atom. The number of nitrogens with zero attached hydrogens (tertiary/aromatic N) is 2. The summed E-state index contributed by atoms with van der Waals surface area (Å²) in [6.07, 6.45) is 2.57. The predicted octanol–water partition coefficient (Wildman–Crippen LogP) is 2.20. The van der Waals surface area contributed by atoms with Crippen molar-refractivity contribution in [3.8, 4) is 0 Å². The van der Waals surface area contributed by atoms with Gasteiger partial charge in [-0.15, -0.1) is 0 Å². The van der Waals surface area contributed by atoms with E-state index in [0.29, 0.717) is 12.1 Å². The molecule has 1 aliphatic heterocycles. The average molecular weight is 182 g/mol. The van der Waals surface area contributed by atoms with Crippen LogP contribution in [0.25, 0.3) is 0 Å². The van der Waals surface area contributed by atoms with Gasteiger partial charge in [0.2, 0.25) is 0 Å². The first kappa shape index (κ1) is 10.7. The smallest absolute Gasteiger partial charge is 0.0659 e. The minimum atomic E-state index is 0.488. The Bertz CT molecular complexity index is 165. The molecule has 0 saturated carbocycles. The fraction of sp³-hybridized carbons (Fsp3) is 0.909. The SMILES string of the molecule is C=NC1CN(C(C)C)CC1CCC. The van der Waals surface area contributed by atoms with E-state index >= 15 is 0 Å². The zero-order valence-electron chi connectivity index (χ0n) is 9.16. The van der Waals surface area contributed by atoms with E-state index in [1.165, 1.54) is 19.4 Å². The number of aliphatic imine (C=N–C) groups is 1. The summed E-state index contributed by atoms with van der Waals surface area (Å²) in [6, 6.07) is 1.15. The summed E-state index contributed by atoms with van der Waals surface area (Å²) in [5, 5.41) is 0. The molecule has 1 fully saturated rings. The van der Waals surface area contributed by atoms with Gasteiger partial charge in [-0.1, -0.05) is 13.3 Å². The van der Waals surface area contributed by atoms with Crippen molar-refractivity contribution in [3.05, 3.63) is 0 Å². The molecular formula is C11H22N2. The second kappa shape index (κ2) is 4.75. The van der Waals surface area contributed by atoms with Crippen LogP contribution < -0.4 is 0 Å². The van der Waals surface area contributed by atoms with Crippen LogP contribution in [-0.4, -0.2) is 36.8 Å². The van der Waals surface area contributed by atoms with E-state index in [1.54, 1.807) is 0 Å². The zero-order chi connectivity index (χ0) is 9.84. The van der Waals surface area contributed by atoms with Crippen molar-refractivity contribution in [2.24, 2.45) is 10.9 Å². The Labute approximate surface area is 82.0 Å². The van der Waals surface area contributed by atoms with Crippen LogP contribution in [0.1, 0.15) is 33.6 Å². The first-order valence-corrected chi connectivity index (χ1v) is 5.38. The Morgan fingerprint density at radius 1 is 1.46 bits per heavy atom. The molecule has 2 unspecified atom stereocenters. The van der Waals surface area contributed by atoms with Crippen LogP contribution >= 0.6 is 0 Å². The number of rotatable bonds is 4. The molecule has 2 nitrogen and oxygen atoms in total. The third-order valence-electron chi connectivity index (χ3n) is 3.06. The quantitative estimate of drug-likeness (QED) is 0.609. The van der Waals surface area contributed by atoms with E-state index in [9.17, 15) is 0 Å². The molecule has 0 N–H and O–H groups in total. The molecule has 0 spiro atoms. The van der Waals surface area contributed by atoms with Gasteiger partial charge in [0, 0.05) is 19.1 Å². The largest absolute Gasteiger partial charge is 0.298 e. The second-order valence-electron chi connectivity index (χ2n) is 4.35. The molecule has 0 aromatic heterocycles. The molecule has 0 aromatic carbocycles. The molecule has 2 atom stereocenters. The van der Waals surface area contributed by atoms with Gasteiger partial charge in [-0.2, -0.15) is 0 Å². The van der Waals surface area contributed by atoms with Crippen molar-refractivity contribution < 1.29 is 0 Å². The van der Waals surface area contributed by atoms with E-state index in [0.717, 1.165) is 12.5 Å². The van der Waals surface area contributed by atoms with Gasteiger partial charge in [-0.25, -0.2) is 0 Å². The van der Waals surface area contributed by atoms with Gasteiger partial charge in [-0.3, -0.25) is 9.89 Å². The zero-order valence-corrected chi connectivity index (χ0v) is 9.16. The van der Waals surface area contributed by atoms with Crippen molar-refractivity contribution in [3.63, 3.8) is 0 Å². The maximum atomic E-state index is 4.23. The van der Waals surface area contributed by atoms with Crippen LogP contribution in [0.5, 0.6) is 0 Å². The van der Waals surface area contributed by atoms with Gasteiger partial charge in [0.15, 0.2) is 0 Å². The van der Waals surface area contributed by atoms with Gasteiger partial charge in [-0.05, 0) is 32.9 Å². The van der Waals surface area contributed by atoms with Gasteiger partial charge in [0.25, 0.3) is 0 Å². The molecule has 1 saturated heterocycles. The molecule has 1 heterocycles. The third kappa shape index (κ3) is 2.53. The van der Waals surface area contributed by atoms with Crippen LogP contribution in [0.4, 0.5) is 0 Å². The molecule has 1 rings (SSSR count). The Hall–Kier alpha value is -0.370. The lowest BCUT2D eigenvalue weighted by molar-refractivity contribution is 0.262. The Balaban J connectivity index is 2.50. The van der Waals surface area contributed by atoms with Crippen molar-refractivity contribution in [1.29, 1.82) is 0 Å². The number of hydrogen-bond donors (Lipinski definition) is 0. The third-order valence-corrected chi connectivity index (χ3v) is 3.06. The van der Waals surface area contributed by atoms with Crippen LogP contribution in [0, 0.1) is 5.92 Å². The molecule has 1 aliphatic rings. The van der Waals surface area contributed by atoms with E-state index in [4.69, 9.17) is 0 Å². The van der Waals surface area contributed by atoms with Gasteiger partial charge < -0.3 is 0 Å². The van der Waals surface area contributed by atoms with E-state index in [1.807, 2.05) is 0 Å². The summed E-state index contributed by atoms with van der Waals surface area (Å²) in [6.45, 7) is 12.8. The highest BCUT2D eigenvalue weighted by Crippen LogP contribution is 2.25. The molecule has 0 bridgehead atoms. The minimum absolute atomic E-state index is 0.488. The molecule has 76 valence electrons. The van der Waals surface area contributed by atoms with Crippen molar-refractivity contribution in [1.82, 2.24) is 4.90 Å². The molecule has 0 amide bonds. The summed E-state index contributed by atoms with van der Waals surface area (Å²) in [5.41, 5.74) is 0. The van der Waals surface area contributed by atoms with Crippen molar-refractivity contribution >= 4 is 6.72 Å². The Kier molecular flexibility index (Phi) is 3.91. The van der Waals surface area contributed by atoms with Gasteiger partial charge in [0.1, 0.15) is 0 Å². The van der Waals surface area contributed by atoms with E-state index in [-0.39, 0.29) is 0 Å². The summed E-state index contributed by atoms with van der Waals surface area (Å²) in [7, 11) is 0. The number of likely N-dealkylation sites (tertiary alicyclic amines) is 1. The highest BCUT2D eigenvalue weighted by atomic mass is 15.2. The fourth-order valence-corrected chi connectivity index (χ4v) is 2.17. The molecule has 2 heteroatoms. The van der Waals surface area contributed by atoms with E-state index in [2.05, 4.69) is 37.4 Å². The van der Waals surface area contributed by atoms with Crippen LogP contribution in [0.15, 0.2) is 4.99 Å². The molecule has 0 aromatic rings. The van der Waals surface area contributed by atoms with Crippen molar-refractivity contribution in [2.75, 3.05) is 13.1 Å². The van der Waals surface area contributed by atoms with Gasteiger partial charge >= 0.3 is 0 Å². The monoisotopic (exact) mass is 182 g/mol. The Morgan fingerprint density at radius 3 is 2.62 bits per heavy atom. The normalized spacial score (nSPS) is 29.8. The highest BCUT2D eigenvalue weighted by Gasteiger charge is 2.31. The van der Waals surface area contributed by atoms with Crippen LogP contribution in [-0.2, 0) is 0 Å². The number of hydrogen-bond acceptors (Lipinski definition) is 2. The first-order valence-electron chi connectivity index (χ1n) is 5.38. The summed E-state index contributed by atoms with van der Waals surface area (Å²) >= 11 is 0. The first-order chi connectivity index (χ1) is 6.19. The average Bonchev–Trinajstić information content (AvgIpc) is 2.48. The van der Waals surface area contributed by atoms with Crippen LogP contribution in [0.3, 0.4) is 0 Å². The molecule has 13 heavy (non-hydrogen) atoms.